The zero-order valence-electron chi connectivity index (χ0n) is 11.3. The molecule has 108 valence electrons. The maximum atomic E-state index is 11.9. The minimum Gasteiger partial charge on any atom is -0.478 e. The molecule has 1 fully saturated rings. The van der Waals surface area contributed by atoms with Crippen molar-refractivity contribution in [2.45, 2.75) is 25.8 Å². The molecule has 2 amide bonds. The molecule has 5 nitrogen and oxygen atoms in total. The van der Waals surface area contributed by atoms with Crippen LogP contribution in [-0.4, -0.2) is 34.7 Å². The topological polar surface area (TPSA) is 78.4 Å². The second-order valence-electron chi connectivity index (χ2n) is 4.87. The number of aromatic carboxylic acids is 1. The van der Waals surface area contributed by atoms with E-state index in [1.165, 1.54) is 0 Å². The number of urea groups is 1. The third kappa shape index (κ3) is 3.90. The summed E-state index contributed by atoms with van der Waals surface area (Å²) in [5, 5.41) is 14.7. The molecule has 1 aromatic carbocycles. The van der Waals surface area contributed by atoms with Gasteiger partial charge in [0.25, 0.3) is 0 Å². The van der Waals surface area contributed by atoms with Gasteiger partial charge in [-0.25, -0.2) is 9.59 Å². The fourth-order valence-electron chi connectivity index (χ4n) is 2.14. The molecule has 1 heterocycles. The first-order chi connectivity index (χ1) is 9.56. The van der Waals surface area contributed by atoms with Crippen molar-refractivity contribution in [3.05, 3.63) is 29.3 Å². The van der Waals surface area contributed by atoms with Crippen LogP contribution in [0.2, 0.25) is 0 Å². The van der Waals surface area contributed by atoms with Crippen LogP contribution in [0.4, 0.5) is 10.5 Å². The van der Waals surface area contributed by atoms with Crippen molar-refractivity contribution in [1.82, 2.24) is 5.32 Å². The molecule has 0 aromatic heterocycles. The van der Waals surface area contributed by atoms with Gasteiger partial charge < -0.3 is 15.7 Å². The molecule has 0 saturated carbocycles. The van der Waals surface area contributed by atoms with E-state index in [0.717, 1.165) is 29.9 Å². The van der Waals surface area contributed by atoms with Gasteiger partial charge in [-0.15, -0.1) is 0 Å². The van der Waals surface area contributed by atoms with Gasteiger partial charge in [0, 0.05) is 11.8 Å². The number of hydrogen-bond acceptors (Lipinski definition) is 3. The summed E-state index contributed by atoms with van der Waals surface area (Å²) in [6, 6.07) is 4.76. The maximum absolute atomic E-state index is 11.9. The van der Waals surface area contributed by atoms with Crippen LogP contribution in [0.25, 0.3) is 0 Å². The van der Waals surface area contributed by atoms with Crippen molar-refractivity contribution < 1.29 is 14.7 Å². The zero-order valence-corrected chi connectivity index (χ0v) is 12.1. The molecule has 0 spiro atoms. The average Bonchev–Trinajstić information content (AvgIpc) is 2.41. The molecule has 1 atom stereocenters. The molecule has 0 bridgehead atoms. The largest absolute Gasteiger partial charge is 0.478 e. The number of anilines is 1. The Morgan fingerprint density at radius 3 is 2.85 bits per heavy atom. The number of aryl methyl sites for hydroxylation is 1. The van der Waals surface area contributed by atoms with Gasteiger partial charge >= 0.3 is 12.0 Å². The minimum atomic E-state index is -1.04. The monoisotopic (exact) mass is 294 g/mol. The Labute approximate surface area is 122 Å². The number of amides is 2. The molecule has 1 saturated heterocycles. The normalized spacial score (nSPS) is 18.4. The molecule has 1 aromatic rings. The summed E-state index contributed by atoms with van der Waals surface area (Å²) in [7, 11) is 0. The molecule has 6 heteroatoms. The van der Waals surface area contributed by atoms with Crippen molar-refractivity contribution >= 4 is 29.4 Å². The molecule has 3 N–H and O–H groups in total. The van der Waals surface area contributed by atoms with Crippen LogP contribution in [0, 0.1) is 6.92 Å². The van der Waals surface area contributed by atoms with E-state index in [9.17, 15) is 9.59 Å². The highest BCUT2D eigenvalue weighted by molar-refractivity contribution is 7.99. The Balaban J connectivity index is 2.01. The Bertz CT molecular complexity index is 513. The van der Waals surface area contributed by atoms with Gasteiger partial charge in [-0.2, -0.15) is 11.8 Å². The molecule has 0 aliphatic carbocycles. The van der Waals surface area contributed by atoms with E-state index < -0.39 is 5.97 Å². The van der Waals surface area contributed by atoms with Crippen molar-refractivity contribution in [1.29, 1.82) is 0 Å². The molecular formula is C14H18N2O3S. The van der Waals surface area contributed by atoms with E-state index in [1.807, 2.05) is 18.7 Å². The summed E-state index contributed by atoms with van der Waals surface area (Å²) in [6.07, 6.45) is 2.07. The van der Waals surface area contributed by atoms with Crippen LogP contribution in [0.1, 0.15) is 28.8 Å². The Morgan fingerprint density at radius 1 is 1.40 bits per heavy atom. The first-order valence-electron chi connectivity index (χ1n) is 6.55. The number of carboxylic acid groups (broad SMARTS) is 1. The van der Waals surface area contributed by atoms with Gasteiger partial charge in [0.15, 0.2) is 0 Å². The number of thioether (sulfide) groups is 1. The summed E-state index contributed by atoms with van der Waals surface area (Å²) in [5.74, 6) is 1.01. The van der Waals surface area contributed by atoms with Crippen LogP contribution in [0.3, 0.4) is 0 Å². The standard InChI is InChI=1S/C14H18N2O3S/c1-9-4-5-12(11(7-9)13(17)18)16-14(19)15-10-3-2-6-20-8-10/h4-5,7,10H,2-3,6,8H2,1H3,(H,17,18)(H2,15,16,19). The number of nitrogens with one attached hydrogen (secondary N) is 2. The number of benzene rings is 1. The van der Waals surface area contributed by atoms with Crippen molar-refractivity contribution in [3.8, 4) is 0 Å². The molecule has 2 rings (SSSR count). The van der Waals surface area contributed by atoms with Crippen molar-refractivity contribution in [2.24, 2.45) is 0 Å². The highest BCUT2D eigenvalue weighted by Crippen LogP contribution is 2.19. The summed E-state index contributed by atoms with van der Waals surface area (Å²) in [6.45, 7) is 1.82. The number of rotatable bonds is 3. The van der Waals surface area contributed by atoms with Crippen LogP contribution in [-0.2, 0) is 0 Å². The first kappa shape index (κ1) is 14.7. The minimum absolute atomic E-state index is 0.109. The predicted molar refractivity (Wildman–Crippen MR) is 80.6 cm³/mol. The van der Waals surface area contributed by atoms with Crippen LogP contribution in [0.15, 0.2) is 18.2 Å². The van der Waals surface area contributed by atoms with Crippen LogP contribution >= 0.6 is 11.8 Å². The first-order valence-corrected chi connectivity index (χ1v) is 7.71. The SMILES string of the molecule is Cc1ccc(NC(=O)NC2CCCSC2)c(C(=O)O)c1. The van der Waals surface area contributed by atoms with E-state index in [1.54, 1.807) is 18.2 Å². The van der Waals surface area contributed by atoms with Gasteiger partial charge in [0.05, 0.1) is 11.3 Å². The highest BCUT2D eigenvalue weighted by atomic mass is 32.2. The molecule has 0 radical (unpaired) electrons. The summed E-state index contributed by atoms with van der Waals surface area (Å²) >= 11 is 1.82. The lowest BCUT2D eigenvalue weighted by Crippen LogP contribution is -2.41. The van der Waals surface area contributed by atoms with E-state index >= 15 is 0 Å². The molecule has 1 unspecified atom stereocenters. The van der Waals surface area contributed by atoms with E-state index in [-0.39, 0.29) is 17.6 Å². The Hall–Kier alpha value is -1.69. The third-order valence-electron chi connectivity index (χ3n) is 3.15. The van der Waals surface area contributed by atoms with Crippen LogP contribution in [0.5, 0.6) is 0 Å². The Morgan fingerprint density at radius 2 is 2.20 bits per heavy atom. The fraction of sp³-hybridized carbons (Fsp3) is 0.429. The fourth-order valence-corrected chi connectivity index (χ4v) is 3.21. The lowest BCUT2D eigenvalue weighted by Gasteiger charge is -2.22. The second-order valence-corrected chi connectivity index (χ2v) is 6.02. The second kappa shape index (κ2) is 6.65. The van der Waals surface area contributed by atoms with Crippen molar-refractivity contribution in [3.63, 3.8) is 0 Å². The maximum Gasteiger partial charge on any atom is 0.337 e. The molecular weight excluding hydrogens is 276 g/mol. The number of hydrogen-bond donors (Lipinski definition) is 3. The van der Waals surface area contributed by atoms with Gasteiger partial charge in [-0.3, -0.25) is 0 Å². The Kier molecular flexibility index (Phi) is 4.89. The molecule has 1 aliphatic heterocycles. The lowest BCUT2D eigenvalue weighted by molar-refractivity contribution is 0.0698. The highest BCUT2D eigenvalue weighted by Gasteiger charge is 2.17. The third-order valence-corrected chi connectivity index (χ3v) is 4.36. The zero-order chi connectivity index (χ0) is 14.5. The summed E-state index contributed by atoms with van der Waals surface area (Å²) < 4.78 is 0. The smallest absolute Gasteiger partial charge is 0.337 e. The summed E-state index contributed by atoms with van der Waals surface area (Å²) in [4.78, 5) is 23.1. The number of carboxylic acids is 1. The van der Waals surface area contributed by atoms with E-state index in [0.29, 0.717) is 5.69 Å². The molecule has 20 heavy (non-hydrogen) atoms. The predicted octanol–water partition coefficient (Wildman–Crippen LogP) is 2.71. The van der Waals surface area contributed by atoms with Gasteiger partial charge in [0.1, 0.15) is 0 Å². The van der Waals surface area contributed by atoms with E-state index in [2.05, 4.69) is 10.6 Å². The molecule has 1 aliphatic rings. The lowest BCUT2D eigenvalue weighted by atomic mass is 10.1. The van der Waals surface area contributed by atoms with Gasteiger partial charge in [-0.1, -0.05) is 11.6 Å². The quantitative estimate of drug-likeness (QED) is 0.801. The van der Waals surface area contributed by atoms with Gasteiger partial charge in [0.2, 0.25) is 0 Å². The van der Waals surface area contributed by atoms with Crippen LogP contribution < -0.4 is 10.6 Å². The summed E-state index contributed by atoms with van der Waals surface area (Å²) in [5.41, 5.74) is 1.28. The number of carbonyl (C=O) groups excluding carboxylic acids is 1. The number of carbonyl (C=O) groups is 2. The van der Waals surface area contributed by atoms with Gasteiger partial charge in [-0.05, 0) is 37.7 Å². The van der Waals surface area contributed by atoms with Crippen molar-refractivity contribution in [2.75, 3.05) is 16.8 Å². The average molecular weight is 294 g/mol. The van der Waals surface area contributed by atoms with E-state index in [4.69, 9.17) is 5.11 Å².